The van der Waals surface area contributed by atoms with Gasteiger partial charge in [0.2, 0.25) is 0 Å². The normalized spacial score (nSPS) is 11.8. The van der Waals surface area contributed by atoms with E-state index in [-0.39, 0.29) is 0 Å². The van der Waals surface area contributed by atoms with Gasteiger partial charge in [-0.3, -0.25) is 0 Å². The Labute approximate surface area is 130 Å². The predicted octanol–water partition coefficient (Wildman–Crippen LogP) is 3.71. The van der Waals surface area contributed by atoms with E-state index in [1.165, 1.54) is 0 Å². The van der Waals surface area contributed by atoms with Gasteiger partial charge in [-0.25, -0.2) is 4.79 Å². The summed E-state index contributed by atoms with van der Waals surface area (Å²) in [6.07, 6.45) is 5.34. The molecule has 2 rings (SSSR count). The van der Waals surface area contributed by atoms with Crippen LogP contribution in [-0.2, 0) is 4.74 Å². The first kappa shape index (κ1) is 15.9. The van der Waals surface area contributed by atoms with Crippen molar-refractivity contribution in [3.8, 4) is 5.75 Å². The molecule has 0 saturated carbocycles. The highest BCUT2D eigenvalue weighted by Gasteiger charge is 2.14. The van der Waals surface area contributed by atoms with Crippen molar-refractivity contribution in [2.75, 3.05) is 13.7 Å². The molecule has 0 atom stereocenters. The molecule has 118 valence electrons. The van der Waals surface area contributed by atoms with E-state index in [0.717, 1.165) is 22.2 Å². The molecule has 0 radical (unpaired) electrons. The molecular formula is C17H22N2O3. The van der Waals surface area contributed by atoms with Gasteiger partial charge in [-0.05, 0) is 44.5 Å². The van der Waals surface area contributed by atoms with E-state index in [9.17, 15) is 4.79 Å². The number of alkyl carbamates (subject to hydrolysis) is 1. The van der Waals surface area contributed by atoms with Crippen molar-refractivity contribution >= 4 is 23.1 Å². The molecule has 1 aromatic carbocycles. The van der Waals surface area contributed by atoms with E-state index in [4.69, 9.17) is 9.47 Å². The Morgan fingerprint density at radius 2 is 2.14 bits per heavy atom. The molecule has 1 aromatic heterocycles. The first-order valence-electron chi connectivity index (χ1n) is 7.17. The molecule has 0 aliphatic heterocycles. The Kier molecular flexibility index (Phi) is 4.75. The van der Waals surface area contributed by atoms with Gasteiger partial charge in [0.1, 0.15) is 11.4 Å². The van der Waals surface area contributed by atoms with Crippen molar-refractivity contribution in [2.24, 2.45) is 0 Å². The summed E-state index contributed by atoms with van der Waals surface area (Å²) in [4.78, 5) is 14.7. The average molecular weight is 302 g/mol. The molecule has 0 fully saturated rings. The molecule has 5 nitrogen and oxygen atoms in total. The van der Waals surface area contributed by atoms with Gasteiger partial charge in [-0.2, -0.15) is 0 Å². The molecule has 2 N–H and O–H groups in total. The van der Waals surface area contributed by atoms with E-state index < -0.39 is 11.7 Å². The summed E-state index contributed by atoms with van der Waals surface area (Å²) >= 11 is 0. The molecule has 0 aliphatic rings. The summed E-state index contributed by atoms with van der Waals surface area (Å²) in [5, 5.41) is 3.77. The maximum atomic E-state index is 11.5. The highest BCUT2D eigenvalue weighted by molar-refractivity contribution is 5.90. The Morgan fingerprint density at radius 3 is 2.82 bits per heavy atom. The smallest absolute Gasteiger partial charge is 0.407 e. The zero-order chi connectivity index (χ0) is 16.2. The molecule has 0 bridgehead atoms. The second-order valence-corrected chi connectivity index (χ2v) is 5.94. The molecule has 0 saturated heterocycles. The molecule has 1 heterocycles. The average Bonchev–Trinajstić information content (AvgIpc) is 2.84. The third kappa shape index (κ3) is 4.28. The Morgan fingerprint density at radius 1 is 1.36 bits per heavy atom. The number of carbonyl (C=O) groups excluding carboxylic acids is 1. The van der Waals surface area contributed by atoms with Crippen LogP contribution in [0.4, 0.5) is 4.79 Å². The van der Waals surface area contributed by atoms with Crippen LogP contribution in [0, 0.1) is 0 Å². The number of hydrogen-bond donors (Lipinski definition) is 2. The molecule has 0 spiro atoms. The van der Waals surface area contributed by atoms with Gasteiger partial charge in [-0.1, -0.05) is 12.2 Å². The van der Waals surface area contributed by atoms with E-state index in [1.807, 2.05) is 57.3 Å². The summed E-state index contributed by atoms with van der Waals surface area (Å²) in [5.41, 5.74) is 1.60. The molecule has 5 heteroatoms. The molecule has 1 amide bonds. The van der Waals surface area contributed by atoms with Crippen molar-refractivity contribution in [3.63, 3.8) is 0 Å². The van der Waals surface area contributed by atoms with E-state index in [2.05, 4.69) is 10.3 Å². The number of benzene rings is 1. The number of hydrogen-bond acceptors (Lipinski definition) is 3. The molecule has 0 unspecified atom stereocenters. The number of carbonyl (C=O) groups is 1. The lowest BCUT2D eigenvalue weighted by molar-refractivity contribution is 0.0534. The molecule has 0 aliphatic carbocycles. The topological polar surface area (TPSA) is 63.3 Å². The van der Waals surface area contributed by atoms with Crippen molar-refractivity contribution < 1.29 is 14.3 Å². The molecule has 22 heavy (non-hydrogen) atoms. The lowest BCUT2D eigenvalue weighted by Gasteiger charge is -2.19. The van der Waals surface area contributed by atoms with E-state index in [1.54, 1.807) is 7.11 Å². The minimum Gasteiger partial charge on any atom is -0.497 e. The van der Waals surface area contributed by atoms with Crippen LogP contribution in [0.3, 0.4) is 0 Å². The Hall–Kier alpha value is -2.43. The van der Waals surface area contributed by atoms with Gasteiger partial charge in [0.15, 0.2) is 0 Å². The van der Waals surface area contributed by atoms with Crippen LogP contribution in [0.25, 0.3) is 17.0 Å². The lowest BCUT2D eigenvalue weighted by Crippen LogP contribution is -2.32. The van der Waals surface area contributed by atoms with Crippen LogP contribution in [0.15, 0.2) is 30.5 Å². The number of aromatic nitrogens is 1. The number of rotatable bonds is 4. The summed E-state index contributed by atoms with van der Waals surface area (Å²) in [6, 6.07) is 5.87. The van der Waals surface area contributed by atoms with Gasteiger partial charge in [-0.15, -0.1) is 0 Å². The van der Waals surface area contributed by atoms with Gasteiger partial charge >= 0.3 is 6.09 Å². The third-order valence-corrected chi connectivity index (χ3v) is 2.98. The monoisotopic (exact) mass is 302 g/mol. The Bertz CT molecular complexity index is 681. The number of ether oxygens (including phenoxy) is 2. The summed E-state index contributed by atoms with van der Waals surface area (Å²) in [6.45, 7) is 5.91. The van der Waals surface area contributed by atoms with Crippen molar-refractivity contribution in [2.45, 2.75) is 26.4 Å². The van der Waals surface area contributed by atoms with Gasteiger partial charge in [0.25, 0.3) is 0 Å². The Balaban J connectivity index is 1.97. The number of aromatic amines is 1. The second kappa shape index (κ2) is 6.56. The maximum absolute atomic E-state index is 11.5. The highest BCUT2D eigenvalue weighted by atomic mass is 16.6. The largest absolute Gasteiger partial charge is 0.497 e. The maximum Gasteiger partial charge on any atom is 0.407 e. The van der Waals surface area contributed by atoms with Crippen molar-refractivity contribution in [1.82, 2.24) is 10.3 Å². The zero-order valence-electron chi connectivity index (χ0n) is 13.4. The quantitative estimate of drug-likeness (QED) is 0.905. The van der Waals surface area contributed by atoms with Crippen molar-refractivity contribution in [1.29, 1.82) is 0 Å². The number of fused-ring (bicyclic) bond motifs is 1. The fourth-order valence-electron chi connectivity index (χ4n) is 2.03. The lowest BCUT2D eigenvalue weighted by atomic mass is 10.1. The number of H-pyrrole nitrogens is 1. The van der Waals surface area contributed by atoms with Gasteiger partial charge in [0.05, 0.1) is 7.11 Å². The van der Waals surface area contributed by atoms with E-state index >= 15 is 0 Å². The summed E-state index contributed by atoms with van der Waals surface area (Å²) in [7, 11) is 1.65. The van der Waals surface area contributed by atoms with Crippen LogP contribution < -0.4 is 10.1 Å². The summed E-state index contributed by atoms with van der Waals surface area (Å²) < 4.78 is 10.4. The van der Waals surface area contributed by atoms with Crippen LogP contribution >= 0.6 is 0 Å². The fraction of sp³-hybridized carbons (Fsp3) is 0.353. The first-order valence-corrected chi connectivity index (χ1v) is 7.17. The minimum atomic E-state index is -0.485. The third-order valence-electron chi connectivity index (χ3n) is 2.98. The predicted molar refractivity (Wildman–Crippen MR) is 88.1 cm³/mol. The van der Waals surface area contributed by atoms with Crippen LogP contribution in [0.1, 0.15) is 26.3 Å². The van der Waals surface area contributed by atoms with Gasteiger partial charge < -0.3 is 19.8 Å². The fourth-order valence-corrected chi connectivity index (χ4v) is 2.03. The number of methoxy groups -OCH3 is 1. The molecule has 2 aromatic rings. The van der Waals surface area contributed by atoms with Crippen LogP contribution in [-0.4, -0.2) is 30.3 Å². The SMILES string of the molecule is COc1ccc2[nH]cc(C=CCNC(=O)OC(C)(C)C)c2c1. The van der Waals surface area contributed by atoms with Crippen molar-refractivity contribution in [3.05, 3.63) is 36.0 Å². The minimum absolute atomic E-state index is 0.408. The zero-order valence-corrected chi connectivity index (χ0v) is 13.4. The van der Waals surface area contributed by atoms with E-state index in [0.29, 0.717) is 6.54 Å². The number of nitrogens with one attached hydrogen (secondary N) is 2. The number of amides is 1. The standard InChI is InChI=1S/C17H22N2O3/c1-17(2,3)22-16(20)18-9-5-6-12-11-19-15-8-7-13(21-4)10-14(12)15/h5-8,10-11,19H,9H2,1-4H3,(H,18,20). The van der Waals surface area contributed by atoms with Crippen LogP contribution in [0.5, 0.6) is 5.75 Å². The molecular weight excluding hydrogens is 280 g/mol. The summed E-state index contributed by atoms with van der Waals surface area (Å²) in [5.74, 6) is 0.814. The highest BCUT2D eigenvalue weighted by Crippen LogP contribution is 2.24. The second-order valence-electron chi connectivity index (χ2n) is 5.94. The van der Waals surface area contributed by atoms with Crippen LogP contribution in [0.2, 0.25) is 0 Å². The van der Waals surface area contributed by atoms with Gasteiger partial charge in [0, 0.05) is 23.6 Å². The first-order chi connectivity index (χ1) is 10.4.